The van der Waals surface area contributed by atoms with E-state index in [9.17, 15) is 4.39 Å². The summed E-state index contributed by atoms with van der Waals surface area (Å²) >= 11 is 5.60. The third-order valence-electron chi connectivity index (χ3n) is 2.48. The van der Waals surface area contributed by atoms with Gasteiger partial charge in [0, 0.05) is 6.54 Å². The second-order valence-corrected chi connectivity index (χ2v) is 3.77. The molecule has 1 fully saturated rings. The second kappa shape index (κ2) is 3.64. The lowest BCUT2D eigenvalue weighted by Gasteiger charge is -2.08. The van der Waals surface area contributed by atoms with E-state index in [1.165, 1.54) is 0 Å². The van der Waals surface area contributed by atoms with E-state index in [2.05, 4.69) is 5.32 Å². The molecule has 1 heterocycles. The highest BCUT2D eigenvalue weighted by Gasteiger charge is 2.17. The monoisotopic (exact) mass is 199 g/mol. The molecule has 1 aliphatic heterocycles. The van der Waals surface area contributed by atoms with Crippen LogP contribution >= 0.6 is 11.6 Å². The zero-order valence-electron chi connectivity index (χ0n) is 7.19. The fourth-order valence-corrected chi connectivity index (χ4v) is 1.82. The molecule has 1 saturated heterocycles. The van der Waals surface area contributed by atoms with Gasteiger partial charge in [0.1, 0.15) is 5.82 Å². The van der Waals surface area contributed by atoms with Gasteiger partial charge in [-0.3, -0.25) is 0 Å². The average Bonchev–Trinajstić information content (AvgIpc) is 2.62. The third-order valence-corrected chi connectivity index (χ3v) is 2.78. The molecule has 1 aliphatic rings. The van der Waals surface area contributed by atoms with Gasteiger partial charge in [0.15, 0.2) is 0 Å². The molecule has 0 saturated carbocycles. The highest BCUT2D eigenvalue weighted by Crippen LogP contribution is 2.25. The van der Waals surface area contributed by atoms with Crippen LogP contribution in [0.3, 0.4) is 0 Å². The highest BCUT2D eigenvalue weighted by molar-refractivity contribution is 6.30. The van der Waals surface area contributed by atoms with Crippen LogP contribution in [0.1, 0.15) is 17.9 Å². The van der Waals surface area contributed by atoms with Crippen LogP contribution in [-0.4, -0.2) is 13.1 Å². The minimum Gasteiger partial charge on any atom is -0.316 e. The summed E-state index contributed by atoms with van der Waals surface area (Å²) in [5.41, 5.74) is 1.05. The molecular weight excluding hydrogens is 189 g/mol. The van der Waals surface area contributed by atoms with Crippen molar-refractivity contribution in [2.24, 2.45) is 0 Å². The van der Waals surface area contributed by atoms with Gasteiger partial charge in [0.25, 0.3) is 0 Å². The third kappa shape index (κ3) is 1.84. The number of halogens is 2. The largest absolute Gasteiger partial charge is 0.316 e. The summed E-state index contributed by atoms with van der Waals surface area (Å²) in [6, 6.07) is 5.08. The van der Waals surface area contributed by atoms with Crippen molar-refractivity contribution in [3.8, 4) is 0 Å². The number of rotatable bonds is 1. The zero-order valence-corrected chi connectivity index (χ0v) is 7.94. The van der Waals surface area contributed by atoms with E-state index in [4.69, 9.17) is 11.6 Å². The Bertz CT molecular complexity index is 308. The Balaban J connectivity index is 2.25. The van der Waals surface area contributed by atoms with Crippen LogP contribution in [0, 0.1) is 5.82 Å². The van der Waals surface area contributed by atoms with Crippen molar-refractivity contribution in [2.45, 2.75) is 12.3 Å². The highest BCUT2D eigenvalue weighted by atomic mass is 35.5. The van der Waals surface area contributed by atoms with Crippen LogP contribution in [0.25, 0.3) is 0 Å². The first-order valence-corrected chi connectivity index (χ1v) is 4.81. The Labute approximate surface area is 81.9 Å². The van der Waals surface area contributed by atoms with Crippen molar-refractivity contribution in [3.63, 3.8) is 0 Å². The van der Waals surface area contributed by atoms with E-state index < -0.39 is 0 Å². The molecule has 0 spiro atoms. The average molecular weight is 200 g/mol. The first kappa shape index (κ1) is 8.97. The SMILES string of the molecule is Fc1cc(C2CCNC2)ccc1Cl. The van der Waals surface area contributed by atoms with Gasteiger partial charge in [0.05, 0.1) is 5.02 Å². The van der Waals surface area contributed by atoms with E-state index in [0.717, 1.165) is 25.1 Å². The Morgan fingerprint density at radius 2 is 2.31 bits per heavy atom. The van der Waals surface area contributed by atoms with Crippen LogP contribution in [0.4, 0.5) is 4.39 Å². The van der Waals surface area contributed by atoms with Crippen molar-refractivity contribution >= 4 is 11.6 Å². The smallest absolute Gasteiger partial charge is 0.142 e. The predicted octanol–water partition coefficient (Wildman–Crippen LogP) is 2.56. The second-order valence-electron chi connectivity index (χ2n) is 3.36. The molecular formula is C10H11ClFN. The maximum absolute atomic E-state index is 13.1. The Hall–Kier alpha value is -0.600. The van der Waals surface area contributed by atoms with Gasteiger partial charge in [-0.05, 0) is 36.6 Å². The summed E-state index contributed by atoms with van der Waals surface area (Å²) in [7, 11) is 0. The molecule has 2 rings (SSSR count). The fourth-order valence-electron chi connectivity index (χ4n) is 1.71. The Morgan fingerprint density at radius 1 is 1.46 bits per heavy atom. The molecule has 0 bridgehead atoms. The van der Waals surface area contributed by atoms with Gasteiger partial charge in [-0.2, -0.15) is 0 Å². The topological polar surface area (TPSA) is 12.0 Å². The Morgan fingerprint density at radius 3 is 2.92 bits per heavy atom. The first-order valence-electron chi connectivity index (χ1n) is 4.43. The molecule has 1 nitrogen and oxygen atoms in total. The van der Waals surface area contributed by atoms with Gasteiger partial charge in [-0.15, -0.1) is 0 Å². The van der Waals surface area contributed by atoms with Gasteiger partial charge < -0.3 is 5.32 Å². The summed E-state index contributed by atoms with van der Waals surface area (Å²) in [5.74, 6) is 0.137. The van der Waals surface area contributed by atoms with Gasteiger partial charge >= 0.3 is 0 Å². The quantitative estimate of drug-likeness (QED) is 0.733. The lowest BCUT2D eigenvalue weighted by atomic mass is 9.98. The summed E-state index contributed by atoms with van der Waals surface area (Å²) in [4.78, 5) is 0. The zero-order chi connectivity index (χ0) is 9.26. The van der Waals surface area contributed by atoms with Crippen molar-refractivity contribution in [2.75, 3.05) is 13.1 Å². The van der Waals surface area contributed by atoms with Crippen LogP contribution in [0.15, 0.2) is 18.2 Å². The molecule has 13 heavy (non-hydrogen) atoms. The number of hydrogen-bond acceptors (Lipinski definition) is 1. The van der Waals surface area contributed by atoms with E-state index in [1.54, 1.807) is 12.1 Å². The molecule has 1 aromatic rings. The number of hydrogen-bond donors (Lipinski definition) is 1. The van der Waals surface area contributed by atoms with Crippen LogP contribution in [0.5, 0.6) is 0 Å². The predicted molar refractivity (Wildman–Crippen MR) is 51.6 cm³/mol. The van der Waals surface area contributed by atoms with Crippen molar-refractivity contribution < 1.29 is 4.39 Å². The normalized spacial score (nSPS) is 22.2. The fraction of sp³-hybridized carbons (Fsp3) is 0.400. The summed E-state index contributed by atoms with van der Waals surface area (Å²) < 4.78 is 13.1. The van der Waals surface area contributed by atoms with Crippen molar-refractivity contribution in [1.82, 2.24) is 5.32 Å². The molecule has 1 N–H and O–H groups in total. The van der Waals surface area contributed by atoms with Crippen LogP contribution < -0.4 is 5.32 Å². The van der Waals surface area contributed by atoms with Gasteiger partial charge in [0.2, 0.25) is 0 Å². The van der Waals surface area contributed by atoms with E-state index in [-0.39, 0.29) is 10.8 Å². The number of benzene rings is 1. The molecule has 0 aromatic heterocycles. The molecule has 0 amide bonds. The maximum atomic E-state index is 13.1. The maximum Gasteiger partial charge on any atom is 0.142 e. The van der Waals surface area contributed by atoms with E-state index in [0.29, 0.717) is 5.92 Å². The van der Waals surface area contributed by atoms with Crippen LogP contribution in [-0.2, 0) is 0 Å². The summed E-state index contributed by atoms with van der Waals surface area (Å²) in [5, 5.41) is 3.45. The molecule has 0 aliphatic carbocycles. The lowest BCUT2D eigenvalue weighted by Crippen LogP contribution is -2.08. The molecule has 1 aromatic carbocycles. The van der Waals surface area contributed by atoms with Gasteiger partial charge in [-0.25, -0.2) is 4.39 Å². The number of nitrogens with one attached hydrogen (secondary N) is 1. The lowest BCUT2D eigenvalue weighted by molar-refractivity contribution is 0.621. The van der Waals surface area contributed by atoms with Gasteiger partial charge in [-0.1, -0.05) is 17.7 Å². The molecule has 3 heteroatoms. The molecule has 70 valence electrons. The summed E-state index contributed by atoms with van der Waals surface area (Å²) in [6.45, 7) is 1.97. The standard InChI is InChI=1S/C10H11ClFN/c11-9-2-1-7(5-10(9)12)8-3-4-13-6-8/h1-2,5,8,13H,3-4,6H2. The summed E-state index contributed by atoms with van der Waals surface area (Å²) in [6.07, 6.45) is 1.08. The van der Waals surface area contributed by atoms with Crippen molar-refractivity contribution in [3.05, 3.63) is 34.6 Å². The molecule has 0 radical (unpaired) electrons. The minimum atomic E-state index is -0.314. The van der Waals surface area contributed by atoms with Crippen LogP contribution in [0.2, 0.25) is 5.02 Å². The Kier molecular flexibility index (Phi) is 2.51. The molecule has 1 atom stereocenters. The van der Waals surface area contributed by atoms with E-state index >= 15 is 0 Å². The minimum absolute atomic E-state index is 0.203. The first-order chi connectivity index (χ1) is 6.27. The van der Waals surface area contributed by atoms with E-state index in [1.807, 2.05) is 6.07 Å². The molecule has 1 unspecified atom stereocenters. The van der Waals surface area contributed by atoms with Crippen molar-refractivity contribution in [1.29, 1.82) is 0 Å².